The highest BCUT2D eigenvalue weighted by Crippen LogP contribution is 2.21. The summed E-state index contributed by atoms with van der Waals surface area (Å²) in [7, 11) is 0. The fraction of sp³-hybridized carbons (Fsp3) is 0.667. The second-order valence-electron chi connectivity index (χ2n) is 6.51. The zero-order valence-electron chi connectivity index (χ0n) is 12.4. The molecule has 0 N–H and O–H groups in total. The summed E-state index contributed by atoms with van der Waals surface area (Å²) in [5.41, 5.74) is 2.53. The Bertz CT molecular complexity index is 477. The van der Waals surface area contributed by atoms with Crippen LogP contribution in [0, 0.1) is 5.41 Å². The number of carbonyl (C=O) groups excluding carboxylic acids is 1. The van der Waals surface area contributed by atoms with Gasteiger partial charge >= 0.3 is 0 Å². The average Bonchev–Trinajstić information content (AvgIpc) is 2.34. The molecule has 104 valence electrons. The second kappa shape index (κ2) is 5.27. The first-order valence-corrected chi connectivity index (χ1v) is 6.94. The first-order chi connectivity index (χ1) is 8.85. The maximum Gasteiger partial charge on any atom is 0.219 e. The lowest BCUT2D eigenvalue weighted by atomic mass is 9.90. The van der Waals surface area contributed by atoms with Gasteiger partial charge in [-0.1, -0.05) is 20.8 Å². The SMILES string of the molecule is CC(=O)N1CCc2nc(CCC(C)(C)C)ncc2C1. The summed E-state index contributed by atoms with van der Waals surface area (Å²) in [6.45, 7) is 9.74. The summed E-state index contributed by atoms with van der Waals surface area (Å²) in [6, 6.07) is 0. The highest BCUT2D eigenvalue weighted by Gasteiger charge is 2.20. The Hall–Kier alpha value is -1.45. The summed E-state index contributed by atoms with van der Waals surface area (Å²) >= 11 is 0. The van der Waals surface area contributed by atoms with Gasteiger partial charge in [0.1, 0.15) is 5.82 Å². The fourth-order valence-electron chi connectivity index (χ4n) is 2.23. The van der Waals surface area contributed by atoms with Crippen LogP contribution in [0.25, 0.3) is 0 Å². The Morgan fingerprint density at radius 2 is 2.16 bits per heavy atom. The van der Waals surface area contributed by atoms with Crippen LogP contribution in [0.15, 0.2) is 6.20 Å². The molecule has 1 aliphatic heterocycles. The predicted octanol–water partition coefficient (Wildman–Crippen LogP) is 2.36. The third kappa shape index (κ3) is 3.75. The van der Waals surface area contributed by atoms with E-state index in [0.717, 1.165) is 42.9 Å². The second-order valence-corrected chi connectivity index (χ2v) is 6.51. The van der Waals surface area contributed by atoms with Gasteiger partial charge in [-0.15, -0.1) is 0 Å². The van der Waals surface area contributed by atoms with Crippen LogP contribution >= 0.6 is 0 Å². The predicted molar refractivity (Wildman–Crippen MR) is 74.6 cm³/mol. The molecule has 0 saturated heterocycles. The molecule has 0 unspecified atom stereocenters. The molecular formula is C15H23N3O. The van der Waals surface area contributed by atoms with Crippen molar-refractivity contribution in [1.82, 2.24) is 14.9 Å². The van der Waals surface area contributed by atoms with Gasteiger partial charge in [0.15, 0.2) is 0 Å². The zero-order valence-corrected chi connectivity index (χ0v) is 12.4. The van der Waals surface area contributed by atoms with Crippen molar-refractivity contribution in [2.75, 3.05) is 6.54 Å². The first kappa shape index (κ1) is 14.0. The molecule has 1 aliphatic rings. The van der Waals surface area contributed by atoms with E-state index in [9.17, 15) is 4.79 Å². The Morgan fingerprint density at radius 1 is 1.42 bits per heavy atom. The van der Waals surface area contributed by atoms with Gasteiger partial charge in [-0.2, -0.15) is 0 Å². The number of fused-ring (bicyclic) bond motifs is 1. The minimum Gasteiger partial charge on any atom is -0.338 e. The summed E-state index contributed by atoms with van der Waals surface area (Å²) in [5, 5.41) is 0. The smallest absolute Gasteiger partial charge is 0.219 e. The molecule has 0 saturated carbocycles. The van der Waals surface area contributed by atoms with Crippen LogP contribution < -0.4 is 0 Å². The van der Waals surface area contributed by atoms with Crippen LogP contribution in [0.1, 0.15) is 51.2 Å². The number of aromatic nitrogens is 2. The Kier molecular flexibility index (Phi) is 3.88. The minimum absolute atomic E-state index is 0.127. The molecule has 0 bridgehead atoms. The van der Waals surface area contributed by atoms with Crippen LogP contribution in [-0.2, 0) is 24.2 Å². The van der Waals surface area contributed by atoms with Crippen molar-refractivity contribution in [3.8, 4) is 0 Å². The van der Waals surface area contributed by atoms with Crippen molar-refractivity contribution in [2.24, 2.45) is 5.41 Å². The van der Waals surface area contributed by atoms with Crippen molar-refractivity contribution in [2.45, 2.75) is 53.5 Å². The topological polar surface area (TPSA) is 46.1 Å². The Morgan fingerprint density at radius 3 is 2.79 bits per heavy atom. The van der Waals surface area contributed by atoms with Crippen LogP contribution in [0.4, 0.5) is 0 Å². The van der Waals surface area contributed by atoms with E-state index in [0.29, 0.717) is 12.0 Å². The first-order valence-electron chi connectivity index (χ1n) is 6.94. The van der Waals surface area contributed by atoms with Crippen molar-refractivity contribution < 1.29 is 4.79 Å². The van der Waals surface area contributed by atoms with Gasteiger partial charge in [-0.25, -0.2) is 9.97 Å². The van der Waals surface area contributed by atoms with Gasteiger partial charge in [0, 0.05) is 44.6 Å². The van der Waals surface area contributed by atoms with Gasteiger partial charge in [0.05, 0.1) is 5.69 Å². The van der Waals surface area contributed by atoms with Gasteiger partial charge in [-0.3, -0.25) is 4.79 Å². The number of amides is 1. The fourth-order valence-corrected chi connectivity index (χ4v) is 2.23. The standard InChI is InChI=1S/C15H23N3O/c1-11(19)18-8-6-13-12(10-18)9-16-14(17-13)5-7-15(2,3)4/h9H,5-8,10H2,1-4H3. The molecule has 0 aromatic carbocycles. The normalized spacial score (nSPS) is 15.3. The number of hydrogen-bond acceptors (Lipinski definition) is 3. The summed E-state index contributed by atoms with van der Waals surface area (Å²) in [5.74, 6) is 1.06. The summed E-state index contributed by atoms with van der Waals surface area (Å²) < 4.78 is 0. The van der Waals surface area contributed by atoms with Gasteiger partial charge in [-0.05, 0) is 11.8 Å². The van der Waals surface area contributed by atoms with Crippen molar-refractivity contribution in [3.63, 3.8) is 0 Å². The van der Waals surface area contributed by atoms with Crippen molar-refractivity contribution in [1.29, 1.82) is 0 Å². The summed E-state index contributed by atoms with van der Waals surface area (Å²) in [6.07, 6.45) is 4.76. The highest BCUT2D eigenvalue weighted by atomic mass is 16.2. The van der Waals surface area contributed by atoms with E-state index >= 15 is 0 Å². The lowest BCUT2D eigenvalue weighted by Gasteiger charge is -2.27. The molecule has 2 rings (SSSR count). The van der Waals surface area contributed by atoms with Crippen molar-refractivity contribution >= 4 is 5.91 Å². The molecule has 1 aromatic rings. The zero-order chi connectivity index (χ0) is 14.0. The molecular weight excluding hydrogens is 238 g/mol. The van der Waals surface area contributed by atoms with E-state index in [1.807, 2.05) is 11.1 Å². The third-order valence-electron chi connectivity index (χ3n) is 3.53. The van der Waals surface area contributed by atoms with Gasteiger partial charge in [0.25, 0.3) is 0 Å². The molecule has 1 amide bonds. The third-order valence-corrected chi connectivity index (χ3v) is 3.53. The van der Waals surface area contributed by atoms with E-state index in [1.54, 1.807) is 6.92 Å². The van der Waals surface area contributed by atoms with Crippen LogP contribution in [0.2, 0.25) is 0 Å². The lowest BCUT2D eigenvalue weighted by Crippen LogP contribution is -2.35. The molecule has 4 heteroatoms. The van der Waals surface area contributed by atoms with E-state index in [1.165, 1.54) is 0 Å². The van der Waals surface area contributed by atoms with Gasteiger partial charge < -0.3 is 4.90 Å². The largest absolute Gasteiger partial charge is 0.338 e. The number of rotatable bonds is 2. The Labute approximate surface area is 115 Å². The van der Waals surface area contributed by atoms with E-state index < -0.39 is 0 Å². The molecule has 2 heterocycles. The number of carbonyl (C=O) groups is 1. The maximum absolute atomic E-state index is 11.4. The summed E-state index contributed by atoms with van der Waals surface area (Å²) in [4.78, 5) is 22.3. The molecule has 0 radical (unpaired) electrons. The minimum atomic E-state index is 0.127. The van der Waals surface area contributed by atoms with Crippen molar-refractivity contribution in [3.05, 3.63) is 23.3 Å². The van der Waals surface area contributed by atoms with E-state index in [-0.39, 0.29) is 5.91 Å². The molecule has 0 spiro atoms. The lowest BCUT2D eigenvalue weighted by molar-refractivity contribution is -0.129. The quantitative estimate of drug-likeness (QED) is 0.821. The molecule has 0 fully saturated rings. The maximum atomic E-state index is 11.4. The molecule has 0 aliphatic carbocycles. The Balaban J connectivity index is 2.07. The molecule has 19 heavy (non-hydrogen) atoms. The number of hydrogen-bond donors (Lipinski definition) is 0. The number of nitrogens with zero attached hydrogens (tertiary/aromatic N) is 3. The van der Waals surface area contributed by atoms with Crippen LogP contribution in [0.3, 0.4) is 0 Å². The van der Waals surface area contributed by atoms with Crippen LogP contribution in [-0.4, -0.2) is 27.3 Å². The van der Waals surface area contributed by atoms with Crippen LogP contribution in [0.5, 0.6) is 0 Å². The number of aryl methyl sites for hydroxylation is 1. The van der Waals surface area contributed by atoms with E-state index in [2.05, 4.69) is 30.7 Å². The molecule has 1 aromatic heterocycles. The molecule has 0 atom stereocenters. The van der Waals surface area contributed by atoms with E-state index in [4.69, 9.17) is 0 Å². The monoisotopic (exact) mass is 261 g/mol. The highest BCUT2D eigenvalue weighted by molar-refractivity contribution is 5.73. The molecule has 4 nitrogen and oxygen atoms in total. The van der Waals surface area contributed by atoms with Gasteiger partial charge in [0.2, 0.25) is 5.91 Å². The average molecular weight is 261 g/mol.